The quantitative estimate of drug-likeness (QED) is 0.554. The smallest absolute Gasteiger partial charge is 0.236 e. The monoisotopic (exact) mass is 168 g/mol. The maximum absolute atomic E-state index is 11.4. The SMILES string of the molecule is CC1CCCN1CC(=O)N1CC1. The van der Waals surface area contributed by atoms with Crippen LogP contribution < -0.4 is 0 Å². The van der Waals surface area contributed by atoms with Crippen molar-refractivity contribution in [3.05, 3.63) is 0 Å². The number of amides is 1. The fourth-order valence-electron chi connectivity index (χ4n) is 1.80. The first kappa shape index (κ1) is 8.05. The molecular weight excluding hydrogens is 152 g/mol. The van der Waals surface area contributed by atoms with Crippen LogP contribution in [0.4, 0.5) is 0 Å². The van der Waals surface area contributed by atoms with Gasteiger partial charge in [0.15, 0.2) is 0 Å². The van der Waals surface area contributed by atoms with Gasteiger partial charge in [-0.1, -0.05) is 0 Å². The first-order valence-corrected chi connectivity index (χ1v) is 4.79. The van der Waals surface area contributed by atoms with E-state index in [4.69, 9.17) is 0 Å². The van der Waals surface area contributed by atoms with Crippen molar-refractivity contribution in [2.24, 2.45) is 0 Å². The predicted molar refractivity (Wildman–Crippen MR) is 46.8 cm³/mol. The highest BCUT2D eigenvalue weighted by atomic mass is 16.2. The van der Waals surface area contributed by atoms with Crippen LogP contribution in [-0.2, 0) is 4.79 Å². The van der Waals surface area contributed by atoms with E-state index in [2.05, 4.69) is 11.8 Å². The molecule has 1 amide bonds. The molecule has 1 atom stereocenters. The molecule has 0 radical (unpaired) electrons. The summed E-state index contributed by atoms with van der Waals surface area (Å²) in [7, 11) is 0. The zero-order chi connectivity index (χ0) is 8.55. The van der Waals surface area contributed by atoms with Gasteiger partial charge < -0.3 is 4.90 Å². The van der Waals surface area contributed by atoms with Crippen molar-refractivity contribution in [1.82, 2.24) is 9.80 Å². The van der Waals surface area contributed by atoms with Crippen LogP contribution in [0, 0.1) is 0 Å². The van der Waals surface area contributed by atoms with E-state index >= 15 is 0 Å². The Bertz CT molecular complexity index is 189. The van der Waals surface area contributed by atoms with E-state index < -0.39 is 0 Å². The fraction of sp³-hybridized carbons (Fsp3) is 0.889. The van der Waals surface area contributed by atoms with Crippen LogP contribution >= 0.6 is 0 Å². The molecule has 0 aliphatic carbocycles. The van der Waals surface area contributed by atoms with Gasteiger partial charge >= 0.3 is 0 Å². The molecule has 12 heavy (non-hydrogen) atoms. The molecule has 3 heteroatoms. The Balaban J connectivity index is 1.80. The van der Waals surface area contributed by atoms with E-state index in [-0.39, 0.29) is 0 Å². The Morgan fingerprint density at radius 1 is 1.42 bits per heavy atom. The number of rotatable bonds is 2. The molecule has 1 unspecified atom stereocenters. The third kappa shape index (κ3) is 1.61. The van der Waals surface area contributed by atoms with Crippen molar-refractivity contribution in [2.45, 2.75) is 25.8 Å². The second kappa shape index (κ2) is 3.05. The van der Waals surface area contributed by atoms with Gasteiger partial charge in [0.2, 0.25) is 5.91 Å². The highest BCUT2D eigenvalue weighted by Gasteiger charge is 2.28. The number of carbonyl (C=O) groups is 1. The fourth-order valence-corrected chi connectivity index (χ4v) is 1.80. The van der Waals surface area contributed by atoms with E-state index in [0.29, 0.717) is 18.5 Å². The van der Waals surface area contributed by atoms with Gasteiger partial charge in [-0.2, -0.15) is 0 Å². The summed E-state index contributed by atoms with van der Waals surface area (Å²) >= 11 is 0. The van der Waals surface area contributed by atoms with E-state index in [1.54, 1.807) is 0 Å². The van der Waals surface area contributed by atoms with Gasteiger partial charge in [-0.25, -0.2) is 0 Å². The molecule has 0 saturated carbocycles. The standard InChI is InChI=1S/C9H16N2O/c1-8-3-2-4-11(8)7-9(12)10-5-6-10/h8H,2-7H2,1H3. The largest absolute Gasteiger partial charge is 0.338 e. The Labute approximate surface area is 73.3 Å². The predicted octanol–water partition coefficient (Wildman–Crippen LogP) is 0.313. The highest BCUT2D eigenvalue weighted by Crippen LogP contribution is 2.16. The van der Waals surface area contributed by atoms with Gasteiger partial charge in [0, 0.05) is 19.1 Å². The second-order valence-electron chi connectivity index (χ2n) is 3.84. The number of hydrogen-bond acceptors (Lipinski definition) is 2. The second-order valence-corrected chi connectivity index (χ2v) is 3.84. The topological polar surface area (TPSA) is 23.3 Å². The van der Waals surface area contributed by atoms with Crippen LogP contribution in [0.3, 0.4) is 0 Å². The van der Waals surface area contributed by atoms with Gasteiger partial charge in [-0.3, -0.25) is 9.69 Å². The van der Waals surface area contributed by atoms with Crippen LogP contribution in [-0.4, -0.2) is 47.9 Å². The molecule has 0 aromatic heterocycles. The summed E-state index contributed by atoms with van der Waals surface area (Å²) in [5.41, 5.74) is 0. The van der Waals surface area contributed by atoms with E-state index in [1.807, 2.05) is 4.90 Å². The average Bonchev–Trinajstić information content (AvgIpc) is 2.80. The molecule has 2 rings (SSSR count). The molecule has 0 bridgehead atoms. The molecule has 2 aliphatic heterocycles. The van der Waals surface area contributed by atoms with Crippen molar-refractivity contribution in [3.8, 4) is 0 Å². The summed E-state index contributed by atoms with van der Waals surface area (Å²) in [6.07, 6.45) is 2.52. The first-order chi connectivity index (χ1) is 5.77. The van der Waals surface area contributed by atoms with Crippen LogP contribution in [0.2, 0.25) is 0 Å². The summed E-state index contributed by atoms with van der Waals surface area (Å²) in [6.45, 7) is 5.95. The normalized spacial score (nSPS) is 29.4. The van der Waals surface area contributed by atoms with Gasteiger partial charge in [0.1, 0.15) is 0 Å². The Kier molecular flexibility index (Phi) is 2.05. The first-order valence-electron chi connectivity index (χ1n) is 4.79. The molecule has 2 fully saturated rings. The minimum absolute atomic E-state index is 0.323. The summed E-state index contributed by atoms with van der Waals surface area (Å²) in [4.78, 5) is 15.6. The minimum Gasteiger partial charge on any atom is -0.338 e. The highest BCUT2D eigenvalue weighted by molar-refractivity contribution is 5.80. The number of hydrogen-bond donors (Lipinski definition) is 0. The van der Waals surface area contributed by atoms with Gasteiger partial charge in [0.25, 0.3) is 0 Å². The van der Waals surface area contributed by atoms with Crippen LogP contribution in [0.25, 0.3) is 0 Å². The van der Waals surface area contributed by atoms with Gasteiger partial charge in [-0.05, 0) is 26.3 Å². The summed E-state index contributed by atoms with van der Waals surface area (Å²) in [5.74, 6) is 0.323. The summed E-state index contributed by atoms with van der Waals surface area (Å²) in [5, 5.41) is 0. The number of carbonyl (C=O) groups excluding carboxylic acids is 1. The molecular formula is C9H16N2O. The van der Waals surface area contributed by atoms with Crippen molar-refractivity contribution in [3.63, 3.8) is 0 Å². The van der Waals surface area contributed by atoms with Crippen molar-refractivity contribution in [1.29, 1.82) is 0 Å². The molecule has 0 aromatic carbocycles. The third-order valence-corrected chi connectivity index (χ3v) is 2.83. The molecule has 2 heterocycles. The lowest BCUT2D eigenvalue weighted by Gasteiger charge is -2.19. The molecule has 0 aromatic rings. The van der Waals surface area contributed by atoms with Gasteiger partial charge in [0.05, 0.1) is 6.54 Å². The summed E-state index contributed by atoms with van der Waals surface area (Å²) < 4.78 is 0. The van der Waals surface area contributed by atoms with Crippen molar-refractivity contribution in [2.75, 3.05) is 26.2 Å². The maximum Gasteiger partial charge on any atom is 0.236 e. The molecule has 2 saturated heterocycles. The molecule has 3 nitrogen and oxygen atoms in total. The van der Waals surface area contributed by atoms with Gasteiger partial charge in [-0.15, -0.1) is 0 Å². The molecule has 0 N–H and O–H groups in total. The lowest BCUT2D eigenvalue weighted by Crippen LogP contribution is -2.35. The van der Waals surface area contributed by atoms with E-state index in [0.717, 1.165) is 19.6 Å². The van der Waals surface area contributed by atoms with Crippen LogP contribution in [0.15, 0.2) is 0 Å². The van der Waals surface area contributed by atoms with E-state index in [9.17, 15) is 4.79 Å². The van der Waals surface area contributed by atoms with Crippen molar-refractivity contribution >= 4 is 5.91 Å². The Hall–Kier alpha value is -0.570. The third-order valence-electron chi connectivity index (χ3n) is 2.83. The Morgan fingerprint density at radius 3 is 2.67 bits per heavy atom. The number of nitrogens with zero attached hydrogens (tertiary/aromatic N) is 2. The van der Waals surface area contributed by atoms with Crippen LogP contribution in [0.1, 0.15) is 19.8 Å². The lowest BCUT2D eigenvalue weighted by molar-refractivity contribution is -0.127. The van der Waals surface area contributed by atoms with Crippen LogP contribution in [0.5, 0.6) is 0 Å². The Morgan fingerprint density at radius 2 is 2.17 bits per heavy atom. The molecule has 68 valence electrons. The zero-order valence-corrected chi connectivity index (χ0v) is 7.62. The maximum atomic E-state index is 11.4. The lowest BCUT2D eigenvalue weighted by atomic mass is 10.2. The average molecular weight is 168 g/mol. The van der Waals surface area contributed by atoms with Crippen molar-refractivity contribution < 1.29 is 4.79 Å². The molecule has 0 spiro atoms. The number of likely N-dealkylation sites (tertiary alicyclic amines) is 1. The minimum atomic E-state index is 0.323. The molecule has 2 aliphatic rings. The zero-order valence-electron chi connectivity index (χ0n) is 7.62. The summed E-state index contributed by atoms with van der Waals surface area (Å²) in [6, 6.07) is 0.619. The van der Waals surface area contributed by atoms with E-state index in [1.165, 1.54) is 12.8 Å².